The first-order chi connectivity index (χ1) is 13.1. The molecule has 27 heavy (non-hydrogen) atoms. The van der Waals surface area contributed by atoms with E-state index in [4.69, 9.17) is 13.9 Å². The molecule has 2 amide bonds. The number of ether oxygens (including phenoxy) is 2. The Morgan fingerprint density at radius 3 is 2.59 bits per heavy atom. The molecule has 0 bridgehead atoms. The fourth-order valence-electron chi connectivity index (χ4n) is 3.00. The van der Waals surface area contributed by atoms with Crippen molar-refractivity contribution in [1.29, 1.82) is 0 Å². The molecule has 8 heteroatoms. The van der Waals surface area contributed by atoms with Crippen LogP contribution in [-0.4, -0.2) is 45.2 Å². The van der Waals surface area contributed by atoms with E-state index >= 15 is 0 Å². The Hall–Kier alpha value is -3.00. The minimum Gasteiger partial charge on any atom is -0.493 e. The SMILES string of the molecule is COc1cc(NC(=O)c2ccco2)c(C(=O)NC2CCCNC2)cc1OC. The van der Waals surface area contributed by atoms with E-state index in [1.54, 1.807) is 24.3 Å². The van der Waals surface area contributed by atoms with Crippen LogP contribution in [0.15, 0.2) is 34.9 Å². The van der Waals surface area contributed by atoms with Crippen LogP contribution >= 0.6 is 0 Å². The van der Waals surface area contributed by atoms with Gasteiger partial charge in [-0.05, 0) is 37.6 Å². The van der Waals surface area contributed by atoms with Gasteiger partial charge in [-0.25, -0.2) is 0 Å². The fraction of sp³-hybridized carbons (Fsp3) is 0.368. The summed E-state index contributed by atoms with van der Waals surface area (Å²) in [7, 11) is 2.98. The Morgan fingerprint density at radius 1 is 1.19 bits per heavy atom. The van der Waals surface area contributed by atoms with Gasteiger partial charge in [-0.15, -0.1) is 0 Å². The number of piperidine rings is 1. The van der Waals surface area contributed by atoms with Crippen LogP contribution < -0.4 is 25.4 Å². The van der Waals surface area contributed by atoms with E-state index in [0.29, 0.717) is 23.7 Å². The minimum absolute atomic E-state index is 0.0352. The highest BCUT2D eigenvalue weighted by atomic mass is 16.5. The van der Waals surface area contributed by atoms with E-state index in [2.05, 4.69) is 16.0 Å². The first-order valence-electron chi connectivity index (χ1n) is 8.75. The zero-order valence-corrected chi connectivity index (χ0v) is 15.3. The molecule has 3 N–H and O–H groups in total. The smallest absolute Gasteiger partial charge is 0.291 e. The number of amides is 2. The van der Waals surface area contributed by atoms with Crippen LogP contribution in [0, 0.1) is 0 Å². The summed E-state index contributed by atoms with van der Waals surface area (Å²) < 4.78 is 15.7. The van der Waals surface area contributed by atoms with Crippen LogP contribution in [0.5, 0.6) is 11.5 Å². The highest BCUT2D eigenvalue weighted by Gasteiger charge is 2.22. The van der Waals surface area contributed by atoms with Gasteiger partial charge in [-0.2, -0.15) is 0 Å². The van der Waals surface area contributed by atoms with E-state index < -0.39 is 5.91 Å². The minimum atomic E-state index is -0.458. The normalized spacial score (nSPS) is 16.4. The largest absolute Gasteiger partial charge is 0.493 e. The molecule has 1 unspecified atom stereocenters. The molecule has 2 aromatic rings. The zero-order chi connectivity index (χ0) is 19.2. The van der Waals surface area contributed by atoms with Crippen molar-refractivity contribution in [2.75, 3.05) is 32.6 Å². The molecule has 144 valence electrons. The third-order valence-electron chi connectivity index (χ3n) is 4.39. The van der Waals surface area contributed by atoms with E-state index in [0.717, 1.165) is 19.4 Å². The van der Waals surface area contributed by atoms with Gasteiger partial charge in [0.25, 0.3) is 11.8 Å². The Bertz CT molecular complexity index is 798. The highest BCUT2D eigenvalue weighted by molar-refractivity contribution is 6.08. The third kappa shape index (κ3) is 4.40. The highest BCUT2D eigenvalue weighted by Crippen LogP contribution is 2.33. The van der Waals surface area contributed by atoms with Gasteiger partial charge >= 0.3 is 0 Å². The Morgan fingerprint density at radius 2 is 1.96 bits per heavy atom. The second-order valence-electron chi connectivity index (χ2n) is 6.20. The Labute approximate surface area is 157 Å². The average molecular weight is 373 g/mol. The summed E-state index contributed by atoms with van der Waals surface area (Å²) in [6.07, 6.45) is 3.31. The standard InChI is InChI=1S/C19H23N3O5/c1-25-16-9-13(18(23)21-12-5-3-7-20-11-12)14(10-17(16)26-2)22-19(24)15-6-4-8-27-15/h4,6,8-10,12,20H,3,5,7,11H2,1-2H3,(H,21,23)(H,22,24). The second kappa shape index (κ2) is 8.59. The lowest BCUT2D eigenvalue weighted by atomic mass is 10.1. The number of carbonyl (C=O) groups is 2. The van der Waals surface area contributed by atoms with Crippen molar-refractivity contribution in [3.8, 4) is 11.5 Å². The van der Waals surface area contributed by atoms with Crippen molar-refractivity contribution in [1.82, 2.24) is 10.6 Å². The Balaban J connectivity index is 1.89. The van der Waals surface area contributed by atoms with Gasteiger partial charge in [0.1, 0.15) is 0 Å². The number of rotatable bonds is 6. The molecule has 3 rings (SSSR count). The van der Waals surface area contributed by atoms with Gasteiger partial charge in [-0.1, -0.05) is 0 Å². The van der Waals surface area contributed by atoms with Gasteiger partial charge < -0.3 is 29.8 Å². The van der Waals surface area contributed by atoms with E-state index in [1.807, 2.05) is 0 Å². The third-order valence-corrected chi connectivity index (χ3v) is 4.39. The fourth-order valence-corrected chi connectivity index (χ4v) is 3.00. The summed E-state index contributed by atoms with van der Waals surface area (Å²) in [5.41, 5.74) is 0.605. The molecular weight excluding hydrogens is 350 g/mol. The lowest BCUT2D eigenvalue weighted by Gasteiger charge is -2.24. The maximum Gasteiger partial charge on any atom is 0.291 e. The molecule has 1 aliphatic rings. The van der Waals surface area contributed by atoms with Gasteiger partial charge in [0, 0.05) is 18.7 Å². The van der Waals surface area contributed by atoms with Crippen LogP contribution in [0.25, 0.3) is 0 Å². The summed E-state index contributed by atoms with van der Waals surface area (Å²) in [6.45, 7) is 1.67. The Kier molecular flexibility index (Phi) is 5.97. The summed E-state index contributed by atoms with van der Waals surface area (Å²) >= 11 is 0. The number of furan rings is 1. The van der Waals surface area contributed by atoms with Crippen LogP contribution in [0.3, 0.4) is 0 Å². The second-order valence-corrected chi connectivity index (χ2v) is 6.20. The van der Waals surface area contributed by atoms with E-state index in [9.17, 15) is 9.59 Å². The van der Waals surface area contributed by atoms with E-state index in [1.165, 1.54) is 20.5 Å². The monoisotopic (exact) mass is 373 g/mol. The number of hydrogen-bond acceptors (Lipinski definition) is 6. The first-order valence-corrected chi connectivity index (χ1v) is 8.75. The molecule has 1 atom stereocenters. The first kappa shape index (κ1) is 18.8. The molecule has 0 spiro atoms. The van der Waals surface area contributed by atoms with Gasteiger partial charge in [0.15, 0.2) is 17.3 Å². The molecule has 0 aliphatic carbocycles. The molecule has 1 aromatic heterocycles. The maximum absolute atomic E-state index is 12.9. The molecule has 0 saturated carbocycles. The number of benzene rings is 1. The number of nitrogens with one attached hydrogen (secondary N) is 3. The summed E-state index contributed by atoms with van der Waals surface area (Å²) in [6, 6.07) is 6.32. The van der Waals surface area contributed by atoms with Crippen molar-refractivity contribution in [2.45, 2.75) is 18.9 Å². The molecule has 2 heterocycles. The quantitative estimate of drug-likeness (QED) is 0.716. The topological polar surface area (TPSA) is 102 Å². The summed E-state index contributed by atoms with van der Waals surface area (Å²) in [5.74, 6) is 0.205. The van der Waals surface area contributed by atoms with Gasteiger partial charge in [0.2, 0.25) is 0 Å². The van der Waals surface area contributed by atoms with Crippen LogP contribution in [-0.2, 0) is 0 Å². The number of hydrogen-bond donors (Lipinski definition) is 3. The molecule has 1 aliphatic heterocycles. The summed E-state index contributed by atoms with van der Waals surface area (Å²) in [4.78, 5) is 25.2. The number of methoxy groups -OCH3 is 2. The van der Waals surface area contributed by atoms with Crippen molar-refractivity contribution in [3.63, 3.8) is 0 Å². The van der Waals surface area contributed by atoms with Crippen LogP contribution in [0.1, 0.15) is 33.8 Å². The molecule has 1 saturated heterocycles. The van der Waals surface area contributed by atoms with Crippen molar-refractivity contribution in [2.24, 2.45) is 0 Å². The maximum atomic E-state index is 12.9. The predicted octanol–water partition coefficient (Wildman–Crippen LogP) is 2.03. The zero-order valence-electron chi connectivity index (χ0n) is 15.3. The van der Waals surface area contributed by atoms with Crippen molar-refractivity contribution in [3.05, 3.63) is 41.9 Å². The van der Waals surface area contributed by atoms with Crippen molar-refractivity contribution >= 4 is 17.5 Å². The molecule has 1 fully saturated rings. The van der Waals surface area contributed by atoms with E-state index in [-0.39, 0.29) is 23.3 Å². The molecule has 8 nitrogen and oxygen atoms in total. The number of carbonyl (C=O) groups excluding carboxylic acids is 2. The number of anilines is 1. The lowest BCUT2D eigenvalue weighted by molar-refractivity contribution is 0.0931. The van der Waals surface area contributed by atoms with Crippen LogP contribution in [0.2, 0.25) is 0 Å². The van der Waals surface area contributed by atoms with Gasteiger partial charge in [0.05, 0.1) is 31.7 Å². The summed E-state index contributed by atoms with van der Waals surface area (Å²) in [5, 5.41) is 8.97. The van der Waals surface area contributed by atoms with Crippen molar-refractivity contribution < 1.29 is 23.5 Å². The lowest BCUT2D eigenvalue weighted by Crippen LogP contribution is -2.45. The van der Waals surface area contributed by atoms with Gasteiger partial charge in [-0.3, -0.25) is 9.59 Å². The van der Waals surface area contributed by atoms with Crippen LogP contribution in [0.4, 0.5) is 5.69 Å². The average Bonchev–Trinajstić information content (AvgIpc) is 3.23. The predicted molar refractivity (Wildman–Crippen MR) is 99.6 cm³/mol. The molecule has 0 radical (unpaired) electrons. The molecule has 1 aromatic carbocycles. The molecular formula is C19H23N3O5.